The molecule has 0 fully saturated rings. The highest BCUT2D eigenvalue weighted by molar-refractivity contribution is 5.35. The molecule has 20 heavy (non-hydrogen) atoms. The highest BCUT2D eigenvalue weighted by Crippen LogP contribution is 2.25. The van der Waals surface area contributed by atoms with Gasteiger partial charge in [0.2, 0.25) is 5.95 Å². The Kier molecular flexibility index (Phi) is 3.62. The summed E-state index contributed by atoms with van der Waals surface area (Å²) < 4.78 is 0. The van der Waals surface area contributed by atoms with Crippen molar-refractivity contribution in [1.29, 1.82) is 0 Å². The lowest BCUT2D eigenvalue weighted by Gasteiger charge is -2.14. The lowest BCUT2D eigenvalue weighted by Crippen LogP contribution is -2.16. The Bertz CT molecular complexity index is 597. The smallest absolute Gasteiger partial charge is 0.220 e. The van der Waals surface area contributed by atoms with Crippen molar-refractivity contribution in [3.63, 3.8) is 0 Å². The van der Waals surface area contributed by atoms with Crippen molar-refractivity contribution >= 4 is 5.95 Å². The van der Waals surface area contributed by atoms with Crippen LogP contribution in [0.2, 0.25) is 0 Å². The number of hydrogen-bond acceptors (Lipinski definition) is 5. The highest BCUT2D eigenvalue weighted by atomic mass is 15.2. The first-order valence-electron chi connectivity index (χ1n) is 6.86. The molecule has 2 heterocycles. The molecule has 0 unspecified atom stereocenters. The first-order valence-corrected chi connectivity index (χ1v) is 6.86. The number of nitrogen functional groups attached to an aromatic ring is 1. The quantitative estimate of drug-likeness (QED) is 0.868. The van der Waals surface area contributed by atoms with Gasteiger partial charge in [-0.05, 0) is 12.1 Å². The van der Waals surface area contributed by atoms with E-state index in [1.165, 1.54) is 11.1 Å². The molecule has 1 aliphatic rings. The van der Waals surface area contributed by atoms with Gasteiger partial charge in [-0.3, -0.25) is 4.90 Å². The Morgan fingerprint density at radius 3 is 2.65 bits per heavy atom. The molecule has 1 aromatic heterocycles. The summed E-state index contributed by atoms with van der Waals surface area (Å²) in [5.41, 5.74) is 16.0. The summed E-state index contributed by atoms with van der Waals surface area (Å²) in [6, 6.07) is 10.5. The Hall–Kier alpha value is -1.98. The van der Waals surface area contributed by atoms with Crippen LogP contribution in [0.1, 0.15) is 22.5 Å². The van der Waals surface area contributed by atoms with E-state index >= 15 is 0 Å². The third-order valence-corrected chi connectivity index (χ3v) is 3.58. The largest absolute Gasteiger partial charge is 0.368 e. The summed E-state index contributed by atoms with van der Waals surface area (Å²) in [6.45, 7) is 3.20. The fraction of sp³-hybridized carbons (Fsp3) is 0.333. The molecule has 5 nitrogen and oxygen atoms in total. The van der Waals surface area contributed by atoms with Crippen LogP contribution in [0, 0.1) is 0 Å². The van der Waals surface area contributed by atoms with Crippen LogP contribution >= 0.6 is 0 Å². The van der Waals surface area contributed by atoms with Gasteiger partial charge in [-0.15, -0.1) is 0 Å². The van der Waals surface area contributed by atoms with Crippen LogP contribution in [0.15, 0.2) is 30.3 Å². The number of anilines is 1. The van der Waals surface area contributed by atoms with Gasteiger partial charge >= 0.3 is 0 Å². The van der Waals surface area contributed by atoms with Gasteiger partial charge in [0.25, 0.3) is 0 Å². The number of fused-ring (bicyclic) bond motifs is 1. The van der Waals surface area contributed by atoms with Gasteiger partial charge in [0.05, 0.1) is 11.4 Å². The molecule has 0 saturated heterocycles. The second-order valence-electron chi connectivity index (χ2n) is 5.12. The van der Waals surface area contributed by atoms with E-state index < -0.39 is 0 Å². The van der Waals surface area contributed by atoms with E-state index in [4.69, 9.17) is 11.5 Å². The highest BCUT2D eigenvalue weighted by Gasteiger charge is 2.24. The predicted molar refractivity (Wildman–Crippen MR) is 78.6 cm³/mol. The third kappa shape index (κ3) is 2.64. The van der Waals surface area contributed by atoms with E-state index in [9.17, 15) is 0 Å². The molecule has 104 valence electrons. The molecule has 0 atom stereocenters. The Labute approximate surface area is 118 Å². The summed E-state index contributed by atoms with van der Waals surface area (Å²) in [4.78, 5) is 11.1. The topological polar surface area (TPSA) is 81.1 Å². The van der Waals surface area contributed by atoms with Gasteiger partial charge < -0.3 is 11.5 Å². The zero-order valence-corrected chi connectivity index (χ0v) is 11.4. The number of rotatable bonds is 4. The van der Waals surface area contributed by atoms with Crippen LogP contribution in [-0.4, -0.2) is 21.4 Å². The molecule has 0 spiro atoms. The van der Waals surface area contributed by atoms with Crippen LogP contribution in [0.3, 0.4) is 0 Å². The lowest BCUT2D eigenvalue weighted by molar-refractivity contribution is 0.273. The zero-order valence-electron chi connectivity index (χ0n) is 11.4. The van der Waals surface area contributed by atoms with Crippen LogP contribution < -0.4 is 11.5 Å². The van der Waals surface area contributed by atoms with Crippen molar-refractivity contribution < 1.29 is 0 Å². The maximum absolute atomic E-state index is 5.78. The number of aromatic nitrogens is 2. The first kappa shape index (κ1) is 13.0. The monoisotopic (exact) mass is 269 g/mol. The van der Waals surface area contributed by atoms with E-state index in [0.717, 1.165) is 37.4 Å². The summed E-state index contributed by atoms with van der Waals surface area (Å²) >= 11 is 0. The van der Waals surface area contributed by atoms with Gasteiger partial charge in [-0.2, -0.15) is 0 Å². The van der Waals surface area contributed by atoms with Crippen LogP contribution in [0.4, 0.5) is 5.95 Å². The van der Waals surface area contributed by atoms with E-state index in [1.807, 2.05) is 6.07 Å². The molecule has 2 aromatic rings. The lowest BCUT2D eigenvalue weighted by atomic mass is 10.1. The molecule has 5 heteroatoms. The van der Waals surface area contributed by atoms with E-state index in [1.54, 1.807) is 0 Å². The minimum absolute atomic E-state index is 0.355. The molecule has 1 aliphatic heterocycles. The molecule has 0 amide bonds. The Morgan fingerprint density at radius 2 is 1.90 bits per heavy atom. The molecular weight excluding hydrogens is 250 g/mol. The second-order valence-corrected chi connectivity index (χ2v) is 5.12. The second kappa shape index (κ2) is 5.56. The molecular formula is C15H19N5. The van der Waals surface area contributed by atoms with Crippen molar-refractivity contribution in [3.05, 3.63) is 52.8 Å². The summed E-state index contributed by atoms with van der Waals surface area (Å²) in [6.07, 6.45) is 0.758. The predicted octanol–water partition coefficient (Wildman–Crippen LogP) is 1.08. The average molecular weight is 269 g/mol. The summed E-state index contributed by atoms with van der Waals surface area (Å²) in [5.74, 6) is 0.355. The fourth-order valence-electron chi connectivity index (χ4n) is 2.70. The van der Waals surface area contributed by atoms with Crippen LogP contribution in [0.5, 0.6) is 0 Å². The van der Waals surface area contributed by atoms with E-state index in [2.05, 4.69) is 39.1 Å². The Morgan fingerprint density at radius 1 is 1.10 bits per heavy atom. The van der Waals surface area contributed by atoms with Gasteiger partial charge in [0.15, 0.2) is 0 Å². The number of nitrogens with zero attached hydrogens (tertiary/aromatic N) is 3. The van der Waals surface area contributed by atoms with E-state index in [0.29, 0.717) is 12.5 Å². The Balaban J connectivity index is 1.79. The zero-order chi connectivity index (χ0) is 13.9. The molecule has 0 bridgehead atoms. The number of benzene rings is 1. The molecule has 4 N–H and O–H groups in total. The van der Waals surface area contributed by atoms with Gasteiger partial charge in [-0.25, -0.2) is 9.97 Å². The average Bonchev–Trinajstić information content (AvgIpc) is 2.82. The van der Waals surface area contributed by atoms with Crippen molar-refractivity contribution in [2.45, 2.75) is 26.1 Å². The van der Waals surface area contributed by atoms with Crippen LogP contribution in [0.25, 0.3) is 0 Å². The number of hydrogen-bond donors (Lipinski definition) is 2. The van der Waals surface area contributed by atoms with Crippen molar-refractivity contribution in [2.75, 3.05) is 12.3 Å². The fourth-order valence-corrected chi connectivity index (χ4v) is 2.70. The molecule has 0 saturated carbocycles. The van der Waals surface area contributed by atoms with Crippen molar-refractivity contribution in [1.82, 2.24) is 14.9 Å². The normalized spacial score (nSPS) is 14.4. The van der Waals surface area contributed by atoms with Crippen LogP contribution in [-0.2, 0) is 26.1 Å². The molecule has 3 rings (SSSR count). The third-order valence-electron chi connectivity index (χ3n) is 3.58. The van der Waals surface area contributed by atoms with E-state index in [-0.39, 0.29) is 0 Å². The molecule has 1 aromatic carbocycles. The first-order chi connectivity index (χ1) is 9.76. The van der Waals surface area contributed by atoms with Gasteiger partial charge in [0, 0.05) is 31.6 Å². The maximum atomic E-state index is 5.78. The summed E-state index contributed by atoms with van der Waals surface area (Å²) in [5, 5.41) is 0. The number of nitrogens with two attached hydrogens (primary N) is 2. The minimum Gasteiger partial charge on any atom is -0.368 e. The molecule has 0 radical (unpaired) electrons. The SMILES string of the molecule is NCCc1nc(N)nc2c1CN(Cc1ccccc1)C2. The van der Waals surface area contributed by atoms with Crippen molar-refractivity contribution in [2.24, 2.45) is 5.73 Å². The minimum atomic E-state index is 0.355. The van der Waals surface area contributed by atoms with Gasteiger partial charge in [0.1, 0.15) is 0 Å². The summed E-state index contributed by atoms with van der Waals surface area (Å²) in [7, 11) is 0. The van der Waals surface area contributed by atoms with Crippen molar-refractivity contribution in [3.8, 4) is 0 Å². The maximum Gasteiger partial charge on any atom is 0.220 e. The van der Waals surface area contributed by atoms with Gasteiger partial charge in [-0.1, -0.05) is 30.3 Å². The molecule has 0 aliphatic carbocycles. The standard InChI is InChI=1S/C15H19N5/c16-7-6-13-12-9-20(8-11-4-2-1-3-5-11)10-14(12)19-15(17)18-13/h1-5H,6-10,16H2,(H2,17,18,19).